The summed E-state index contributed by atoms with van der Waals surface area (Å²) in [6.07, 6.45) is 0. The smallest absolute Gasteiger partial charge is 0.376 e. The van der Waals surface area contributed by atoms with E-state index in [9.17, 15) is 14.0 Å². The Kier molecular flexibility index (Phi) is 5.55. The van der Waals surface area contributed by atoms with Crippen molar-refractivity contribution < 1.29 is 23.5 Å². The number of ether oxygens (including phenoxy) is 2. The van der Waals surface area contributed by atoms with E-state index in [1.165, 1.54) is 47.7 Å². The van der Waals surface area contributed by atoms with Gasteiger partial charge in [-0.3, -0.25) is 4.90 Å². The van der Waals surface area contributed by atoms with Gasteiger partial charge in [0.25, 0.3) is 0 Å². The zero-order chi connectivity index (χ0) is 22.1. The van der Waals surface area contributed by atoms with E-state index >= 15 is 0 Å². The SMILES string of the molecule is CCOC(=O)C1=NN(c2ccc(F)cc2)C2=NC(C)=C(C(=O)OC)[C@H](c3cccs3)N12. The molecule has 0 fully saturated rings. The third-order valence-electron chi connectivity index (χ3n) is 4.76. The lowest BCUT2D eigenvalue weighted by Gasteiger charge is -2.34. The number of esters is 2. The monoisotopic (exact) mass is 442 g/mol. The Morgan fingerprint density at radius 3 is 2.55 bits per heavy atom. The Bertz CT molecular complexity index is 1110. The quantitative estimate of drug-likeness (QED) is 0.660. The number of hydrogen-bond acceptors (Lipinski definition) is 9. The van der Waals surface area contributed by atoms with E-state index in [1.807, 2.05) is 17.5 Å². The van der Waals surface area contributed by atoms with Crippen LogP contribution in [-0.2, 0) is 19.1 Å². The summed E-state index contributed by atoms with van der Waals surface area (Å²) < 4.78 is 23.7. The first-order valence-electron chi connectivity index (χ1n) is 9.48. The average molecular weight is 442 g/mol. The van der Waals surface area contributed by atoms with E-state index in [1.54, 1.807) is 18.7 Å². The molecule has 0 spiro atoms. The van der Waals surface area contributed by atoms with Crippen LogP contribution in [0.15, 0.2) is 63.1 Å². The fourth-order valence-corrected chi connectivity index (χ4v) is 4.26. The molecule has 1 atom stereocenters. The molecule has 0 aliphatic carbocycles. The summed E-state index contributed by atoms with van der Waals surface area (Å²) in [4.78, 5) is 32.4. The molecule has 0 saturated heterocycles. The standard InChI is InChI=1S/C21H19FN4O4S/c1-4-30-20(28)18-24-26(14-9-7-13(22)8-10-14)21-23-12(2)16(19(27)29-3)17(25(18)21)15-6-5-11-31-15/h5-11,17H,4H2,1-3H3/t17-/m0/s1. The lowest BCUT2D eigenvalue weighted by atomic mass is 10.00. The Labute approximate surface area is 181 Å². The van der Waals surface area contributed by atoms with Crippen molar-refractivity contribution in [3.8, 4) is 0 Å². The van der Waals surface area contributed by atoms with Gasteiger partial charge < -0.3 is 9.47 Å². The van der Waals surface area contributed by atoms with E-state index in [0.29, 0.717) is 22.9 Å². The number of fused-ring (bicyclic) bond motifs is 1. The summed E-state index contributed by atoms with van der Waals surface area (Å²) >= 11 is 1.42. The minimum absolute atomic E-state index is 0.0303. The predicted octanol–water partition coefficient (Wildman–Crippen LogP) is 3.44. The topological polar surface area (TPSA) is 83.8 Å². The van der Waals surface area contributed by atoms with Crippen molar-refractivity contribution in [1.82, 2.24) is 4.90 Å². The van der Waals surface area contributed by atoms with E-state index in [-0.39, 0.29) is 12.4 Å². The van der Waals surface area contributed by atoms with Gasteiger partial charge in [0.1, 0.15) is 11.9 Å². The molecule has 0 unspecified atom stereocenters. The first kappa shape index (κ1) is 20.7. The van der Waals surface area contributed by atoms with Crippen LogP contribution in [0.5, 0.6) is 0 Å². The number of hydrogen-bond donors (Lipinski definition) is 0. The van der Waals surface area contributed by atoms with E-state index in [2.05, 4.69) is 10.1 Å². The van der Waals surface area contributed by atoms with Gasteiger partial charge in [-0.1, -0.05) is 6.07 Å². The highest BCUT2D eigenvalue weighted by molar-refractivity contribution is 7.10. The van der Waals surface area contributed by atoms with Gasteiger partial charge in [-0.2, -0.15) is 5.01 Å². The van der Waals surface area contributed by atoms with E-state index in [0.717, 1.165) is 4.88 Å². The fraction of sp³-hybridized carbons (Fsp3) is 0.238. The number of amidine groups is 1. The number of benzene rings is 1. The lowest BCUT2D eigenvalue weighted by molar-refractivity contribution is -0.138. The van der Waals surface area contributed by atoms with Gasteiger partial charge in [-0.25, -0.2) is 19.0 Å². The van der Waals surface area contributed by atoms with E-state index < -0.39 is 23.8 Å². The number of aliphatic imine (C=N–C) groups is 1. The van der Waals surface area contributed by atoms with Crippen molar-refractivity contribution in [3.05, 3.63) is 63.7 Å². The van der Waals surface area contributed by atoms with Crippen LogP contribution in [0.4, 0.5) is 10.1 Å². The third kappa shape index (κ3) is 3.59. The van der Waals surface area contributed by atoms with Crippen molar-refractivity contribution >= 4 is 40.8 Å². The number of hydrazone groups is 1. The molecule has 8 nitrogen and oxygen atoms in total. The molecular formula is C21H19FN4O4S. The van der Waals surface area contributed by atoms with Crippen molar-refractivity contribution in [2.45, 2.75) is 19.9 Å². The minimum atomic E-state index is -0.687. The van der Waals surface area contributed by atoms with Gasteiger partial charge in [0.2, 0.25) is 11.8 Å². The summed E-state index contributed by atoms with van der Waals surface area (Å²) in [6.45, 7) is 3.54. The maximum Gasteiger partial charge on any atom is 0.376 e. The van der Waals surface area contributed by atoms with E-state index in [4.69, 9.17) is 9.47 Å². The fourth-order valence-electron chi connectivity index (χ4n) is 3.44. The van der Waals surface area contributed by atoms with Gasteiger partial charge in [0.05, 0.1) is 30.7 Å². The van der Waals surface area contributed by atoms with Crippen LogP contribution in [0.25, 0.3) is 0 Å². The number of nitrogens with zero attached hydrogens (tertiary/aromatic N) is 4. The summed E-state index contributed by atoms with van der Waals surface area (Å²) in [5.41, 5.74) is 1.24. The number of guanidine groups is 1. The van der Waals surface area contributed by atoms with Crippen LogP contribution in [0.2, 0.25) is 0 Å². The second-order valence-corrected chi connectivity index (χ2v) is 7.60. The lowest BCUT2D eigenvalue weighted by Crippen LogP contribution is -2.47. The minimum Gasteiger partial charge on any atom is -0.466 e. The number of rotatable bonds is 5. The highest BCUT2D eigenvalue weighted by Crippen LogP contribution is 2.41. The van der Waals surface area contributed by atoms with Crippen LogP contribution >= 0.6 is 11.3 Å². The van der Waals surface area contributed by atoms with Gasteiger partial charge in [-0.15, -0.1) is 16.4 Å². The molecule has 1 aromatic carbocycles. The molecule has 0 saturated carbocycles. The predicted molar refractivity (Wildman–Crippen MR) is 114 cm³/mol. The summed E-state index contributed by atoms with van der Waals surface area (Å²) in [5.74, 6) is -1.34. The normalized spacial score (nSPS) is 17.9. The summed E-state index contributed by atoms with van der Waals surface area (Å²) in [7, 11) is 1.29. The number of anilines is 1. The first-order chi connectivity index (χ1) is 15.0. The molecule has 0 bridgehead atoms. The first-order valence-corrected chi connectivity index (χ1v) is 10.4. The summed E-state index contributed by atoms with van der Waals surface area (Å²) in [6, 6.07) is 8.67. The van der Waals surface area contributed by atoms with Crippen molar-refractivity contribution in [2.75, 3.05) is 18.7 Å². The zero-order valence-electron chi connectivity index (χ0n) is 17.0. The highest BCUT2D eigenvalue weighted by Gasteiger charge is 2.47. The highest BCUT2D eigenvalue weighted by atomic mass is 32.1. The van der Waals surface area contributed by atoms with Crippen LogP contribution in [0.3, 0.4) is 0 Å². The Hall–Kier alpha value is -3.53. The van der Waals surface area contributed by atoms with Gasteiger partial charge in [0, 0.05) is 4.88 Å². The van der Waals surface area contributed by atoms with Gasteiger partial charge >= 0.3 is 11.9 Å². The van der Waals surface area contributed by atoms with Crippen molar-refractivity contribution in [2.24, 2.45) is 10.1 Å². The number of methoxy groups -OCH3 is 1. The number of halogens is 1. The molecule has 0 radical (unpaired) electrons. The molecule has 10 heteroatoms. The molecule has 2 aliphatic heterocycles. The van der Waals surface area contributed by atoms with Crippen LogP contribution in [0, 0.1) is 5.82 Å². The van der Waals surface area contributed by atoms with Crippen molar-refractivity contribution in [1.29, 1.82) is 0 Å². The number of thiophene rings is 1. The molecule has 0 N–H and O–H groups in total. The maximum atomic E-state index is 13.5. The number of allylic oxidation sites excluding steroid dienone is 1. The molecular weight excluding hydrogens is 423 g/mol. The number of carbonyl (C=O) groups is 2. The molecule has 160 valence electrons. The second-order valence-electron chi connectivity index (χ2n) is 6.62. The zero-order valence-corrected chi connectivity index (χ0v) is 17.9. The summed E-state index contributed by atoms with van der Waals surface area (Å²) in [5, 5.41) is 7.75. The Morgan fingerprint density at radius 2 is 1.94 bits per heavy atom. The van der Waals surface area contributed by atoms with Gasteiger partial charge in [-0.05, 0) is 49.6 Å². The average Bonchev–Trinajstić information content (AvgIpc) is 3.41. The Morgan fingerprint density at radius 1 is 1.19 bits per heavy atom. The van der Waals surface area contributed by atoms with Crippen LogP contribution < -0.4 is 5.01 Å². The van der Waals surface area contributed by atoms with Crippen LogP contribution in [0.1, 0.15) is 24.8 Å². The molecule has 3 heterocycles. The largest absolute Gasteiger partial charge is 0.466 e. The molecule has 1 aromatic heterocycles. The third-order valence-corrected chi connectivity index (χ3v) is 5.69. The Balaban J connectivity index is 1.92. The maximum absolute atomic E-state index is 13.5. The molecule has 31 heavy (non-hydrogen) atoms. The molecule has 2 aliphatic rings. The molecule has 4 rings (SSSR count). The molecule has 2 aromatic rings. The number of carbonyl (C=O) groups excluding carboxylic acids is 2. The second kappa shape index (κ2) is 8.31. The van der Waals surface area contributed by atoms with Crippen molar-refractivity contribution in [3.63, 3.8) is 0 Å². The van der Waals surface area contributed by atoms with Crippen LogP contribution in [-0.4, -0.2) is 42.4 Å². The molecule has 0 amide bonds. The van der Waals surface area contributed by atoms with Gasteiger partial charge in [0.15, 0.2) is 0 Å².